The molecule has 0 N–H and O–H groups in total. The van der Waals surface area contributed by atoms with Crippen LogP contribution in [0.1, 0.15) is 128 Å². The van der Waals surface area contributed by atoms with Gasteiger partial charge in [0.05, 0.1) is 16.9 Å². The van der Waals surface area contributed by atoms with Crippen molar-refractivity contribution in [2.75, 3.05) is 11.5 Å². The van der Waals surface area contributed by atoms with Gasteiger partial charge in [-0.2, -0.15) is 0 Å². The van der Waals surface area contributed by atoms with E-state index in [1.807, 2.05) is 6.20 Å². The largest absolute Gasteiger partial charge is 0.475 e. The minimum absolute atomic E-state index is 0.0215. The Hall–Kier alpha value is -4.90. The molecule has 0 bridgehead atoms. The van der Waals surface area contributed by atoms with Gasteiger partial charge in [-0.1, -0.05) is 119 Å². The van der Waals surface area contributed by atoms with Crippen LogP contribution in [0.25, 0.3) is 11.1 Å². The van der Waals surface area contributed by atoms with Gasteiger partial charge >= 0.3 is 0 Å². The Bertz CT molecular complexity index is 2210. The van der Waals surface area contributed by atoms with Gasteiger partial charge in [0.1, 0.15) is 23.9 Å². The number of hydrogen-bond donors (Lipinski definition) is 0. The Morgan fingerprint density at radius 1 is 0.704 bits per heavy atom. The fraction of sp³-hybridized carbons (Fsp3) is 0.388. The highest BCUT2D eigenvalue weighted by Crippen LogP contribution is 2.53. The maximum atomic E-state index is 6.97. The summed E-state index contributed by atoms with van der Waals surface area (Å²) >= 11 is 0. The third kappa shape index (κ3) is 6.71. The first-order valence-electron chi connectivity index (χ1n) is 19.7. The maximum Gasteiger partial charge on any atom is 0.216 e. The molecular formula is C49H57N3O2. The van der Waals surface area contributed by atoms with Crippen LogP contribution in [0, 0.1) is 5.92 Å². The summed E-state index contributed by atoms with van der Waals surface area (Å²) in [6.45, 7) is 27.6. The van der Waals surface area contributed by atoms with Crippen LogP contribution in [-0.2, 0) is 15.6 Å². The Morgan fingerprint density at radius 3 is 2.02 bits per heavy atom. The molecule has 1 aromatic heterocycles. The summed E-state index contributed by atoms with van der Waals surface area (Å²) < 4.78 is 13.3. The van der Waals surface area contributed by atoms with Gasteiger partial charge in [0.15, 0.2) is 0 Å². The minimum Gasteiger partial charge on any atom is -0.475 e. The van der Waals surface area contributed by atoms with Gasteiger partial charge < -0.3 is 9.47 Å². The van der Waals surface area contributed by atoms with Crippen LogP contribution in [0.3, 0.4) is 0 Å². The first kappa shape index (κ1) is 37.4. The van der Waals surface area contributed by atoms with Gasteiger partial charge in [-0.3, -0.25) is 4.90 Å². The van der Waals surface area contributed by atoms with Crippen molar-refractivity contribution in [3.63, 3.8) is 0 Å². The summed E-state index contributed by atoms with van der Waals surface area (Å²) in [7, 11) is 0. The fourth-order valence-corrected chi connectivity index (χ4v) is 7.92. The molecule has 4 aromatic carbocycles. The molecule has 0 saturated carbocycles. The Morgan fingerprint density at radius 2 is 1.37 bits per heavy atom. The molecule has 5 aromatic rings. The monoisotopic (exact) mass is 719 g/mol. The van der Waals surface area contributed by atoms with Crippen LogP contribution in [0.2, 0.25) is 0 Å². The fourth-order valence-electron chi connectivity index (χ4n) is 7.92. The van der Waals surface area contributed by atoms with Crippen LogP contribution in [0.15, 0.2) is 102 Å². The second-order valence-corrected chi connectivity index (χ2v) is 18.0. The molecule has 0 amide bonds. The second kappa shape index (κ2) is 13.7. The van der Waals surface area contributed by atoms with Gasteiger partial charge in [-0.25, -0.2) is 9.98 Å². The molecule has 0 radical (unpaired) electrons. The molecule has 0 aliphatic carbocycles. The predicted octanol–water partition coefficient (Wildman–Crippen LogP) is 13.4. The first-order valence-corrected chi connectivity index (χ1v) is 19.7. The van der Waals surface area contributed by atoms with E-state index in [9.17, 15) is 0 Å². The normalized spacial score (nSPS) is 17.8. The summed E-state index contributed by atoms with van der Waals surface area (Å²) in [5.74, 6) is 4.10. The van der Waals surface area contributed by atoms with Crippen molar-refractivity contribution in [3.05, 3.63) is 131 Å². The molecule has 54 heavy (non-hydrogen) atoms. The molecule has 3 heterocycles. The highest BCUT2D eigenvalue weighted by Gasteiger charge is 2.38. The number of ether oxygens (including phenoxy) is 2. The highest BCUT2D eigenvalue weighted by molar-refractivity contribution is 5.97. The summed E-state index contributed by atoms with van der Waals surface area (Å²) in [6.07, 6.45) is 1.93. The number of para-hydroxylation sites is 1. The van der Waals surface area contributed by atoms with Gasteiger partial charge in [0.25, 0.3) is 0 Å². The minimum atomic E-state index is -0.283. The highest BCUT2D eigenvalue weighted by atomic mass is 16.5. The SMILES string of the molecule is CC(C)c1cccc(C(C)C)c1-c1cc(Oc2ccc3c(c2)N(c2cc(C(C)(C)C)ccn2)c2ccccc2C3(C)C)cc(C2=N[C@](C)(C(C)C)CO2)c1. The Labute approximate surface area is 323 Å². The summed E-state index contributed by atoms with van der Waals surface area (Å²) in [5, 5.41) is 0. The summed E-state index contributed by atoms with van der Waals surface area (Å²) in [5.41, 5.74) is 11.3. The van der Waals surface area contributed by atoms with E-state index in [4.69, 9.17) is 19.5 Å². The van der Waals surface area contributed by atoms with Gasteiger partial charge in [0.2, 0.25) is 5.90 Å². The van der Waals surface area contributed by atoms with Crippen molar-refractivity contribution in [1.29, 1.82) is 0 Å². The number of aromatic nitrogens is 1. The molecule has 2 aliphatic rings. The van der Waals surface area contributed by atoms with Crippen molar-refractivity contribution < 1.29 is 9.47 Å². The van der Waals surface area contributed by atoms with Crippen molar-refractivity contribution in [1.82, 2.24) is 4.98 Å². The van der Waals surface area contributed by atoms with E-state index in [1.165, 1.54) is 33.4 Å². The van der Waals surface area contributed by atoms with Crippen LogP contribution in [0.4, 0.5) is 17.2 Å². The molecule has 7 rings (SSSR count). The van der Waals surface area contributed by atoms with Gasteiger partial charge in [-0.05, 0) is 112 Å². The van der Waals surface area contributed by atoms with Crippen molar-refractivity contribution in [2.45, 2.75) is 111 Å². The molecule has 1 atom stereocenters. The Kier molecular flexibility index (Phi) is 9.53. The zero-order valence-electron chi connectivity index (χ0n) is 34.3. The number of fused-ring (bicyclic) bond motifs is 2. The maximum absolute atomic E-state index is 6.97. The third-order valence-electron chi connectivity index (χ3n) is 11.7. The van der Waals surface area contributed by atoms with Crippen LogP contribution < -0.4 is 9.64 Å². The van der Waals surface area contributed by atoms with E-state index >= 15 is 0 Å². The lowest BCUT2D eigenvalue weighted by atomic mass is 9.73. The predicted molar refractivity (Wildman–Crippen MR) is 226 cm³/mol. The zero-order chi connectivity index (χ0) is 38.7. The van der Waals surface area contributed by atoms with Crippen LogP contribution >= 0.6 is 0 Å². The number of anilines is 3. The molecular weight excluding hydrogens is 663 g/mol. The van der Waals surface area contributed by atoms with E-state index in [-0.39, 0.29) is 16.4 Å². The van der Waals surface area contributed by atoms with E-state index in [2.05, 4.69) is 179 Å². The average Bonchev–Trinajstić information content (AvgIpc) is 3.54. The number of pyridine rings is 1. The average molecular weight is 720 g/mol. The summed E-state index contributed by atoms with van der Waals surface area (Å²) in [4.78, 5) is 12.4. The standard InChI is InChI=1S/C49H57N3O2/c1-30(2)38-16-15-17-39(31(3)4)45(38)33-24-34(46-51-49(12,29-53-46)32(5)6)26-37(25-33)54-36-20-21-41-43(28-36)52(42-19-14-13-18-40(42)48(41,10)11)44-27-35(22-23-50-44)47(7,8)9/h13-28,30-32H,29H2,1-12H3/t49-/m0/s1. The smallest absolute Gasteiger partial charge is 0.216 e. The lowest BCUT2D eigenvalue weighted by molar-refractivity contribution is 0.224. The van der Waals surface area contributed by atoms with Gasteiger partial charge in [0, 0.05) is 23.2 Å². The number of benzene rings is 4. The van der Waals surface area contributed by atoms with Crippen molar-refractivity contribution in [2.24, 2.45) is 10.9 Å². The number of nitrogens with zero attached hydrogens (tertiary/aromatic N) is 3. The Balaban J connectivity index is 1.40. The number of aliphatic imine (C=N–C) groups is 1. The topological polar surface area (TPSA) is 47.0 Å². The molecule has 280 valence electrons. The molecule has 0 unspecified atom stereocenters. The quantitative estimate of drug-likeness (QED) is 0.160. The number of rotatable bonds is 8. The zero-order valence-corrected chi connectivity index (χ0v) is 34.3. The van der Waals surface area contributed by atoms with E-state index in [1.54, 1.807) is 0 Å². The molecule has 0 spiro atoms. The van der Waals surface area contributed by atoms with Crippen molar-refractivity contribution in [3.8, 4) is 22.6 Å². The van der Waals surface area contributed by atoms with Crippen LogP contribution in [-0.4, -0.2) is 23.0 Å². The van der Waals surface area contributed by atoms with Crippen LogP contribution in [0.5, 0.6) is 11.5 Å². The third-order valence-corrected chi connectivity index (χ3v) is 11.7. The van der Waals surface area contributed by atoms with E-state index in [0.29, 0.717) is 30.3 Å². The van der Waals surface area contributed by atoms with Crippen molar-refractivity contribution >= 4 is 23.1 Å². The molecule has 0 fully saturated rings. The van der Waals surface area contributed by atoms with E-state index < -0.39 is 0 Å². The first-order chi connectivity index (χ1) is 25.5. The molecule has 2 aliphatic heterocycles. The lowest BCUT2D eigenvalue weighted by Crippen LogP contribution is -2.31. The molecule has 5 heteroatoms. The molecule has 0 saturated heterocycles. The molecule has 5 nitrogen and oxygen atoms in total. The summed E-state index contributed by atoms with van der Waals surface area (Å²) in [6, 6.07) is 32.8. The lowest BCUT2D eigenvalue weighted by Gasteiger charge is -2.41. The van der Waals surface area contributed by atoms with Gasteiger partial charge in [-0.15, -0.1) is 0 Å². The second-order valence-electron chi connectivity index (χ2n) is 18.0. The van der Waals surface area contributed by atoms with E-state index in [0.717, 1.165) is 39.8 Å². The number of hydrogen-bond acceptors (Lipinski definition) is 5.